The summed E-state index contributed by atoms with van der Waals surface area (Å²) in [6, 6.07) is 2.95. The van der Waals surface area contributed by atoms with E-state index in [1.165, 1.54) is 28.2 Å². The van der Waals surface area contributed by atoms with Crippen LogP contribution in [0.2, 0.25) is 0 Å². The van der Waals surface area contributed by atoms with Gasteiger partial charge >= 0.3 is 5.97 Å². The fourth-order valence-corrected chi connectivity index (χ4v) is 5.10. The Bertz CT molecular complexity index is 1050. The summed E-state index contributed by atoms with van der Waals surface area (Å²) in [5, 5.41) is 15.5. The van der Waals surface area contributed by atoms with Gasteiger partial charge in [-0.2, -0.15) is 0 Å². The Morgan fingerprint density at radius 3 is 2.53 bits per heavy atom. The molecule has 9 heteroatoms. The van der Waals surface area contributed by atoms with Crippen molar-refractivity contribution >= 4 is 34.8 Å². The maximum Gasteiger partial charge on any atom is 0.354 e. The van der Waals surface area contributed by atoms with Crippen LogP contribution in [0.1, 0.15) is 52.1 Å². The highest BCUT2D eigenvalue weighted by Crippen LogP contribution is 2.41. The van der Waals surface area contributed by atoms with Crippen LogP contribution in [-0.4, -0.2) is 60.8 Å². The summed E-state index contributed by atoms with van der Waals surface area (Å²) in [5.74, 6) is -2.55. The second-order valence-corrected chi connectivity index (χ2v) is 8.79. The third-order valence-electron chi connectivity index (χ3n) is 6.10. The number of likely N-dealkylation sites (tertiary alicyclic amines) is 1. The Morgan fingerprint density at radius 1 is 1.28 bits per heavy atom. The van der Waals surface area contributed by atoms with Crippen LogP contribution >= 0.6 is 11.3 Å². The van der Waals surface area contributed by atoms with Gasteiger partial charge in [0.1, 0.15) is 5.69 Å². The average Bonchev–Trinajstić information content (AvgIpc) is 3.47. The van der Waals surface area contributed by atoms with E-state index in [1.54, 1.807) is 13.8 Å². The van der Waals surface area contributed by atoms with E-state index in [9.17, 15) is 19.5 Å². The first kappa shape index (κ1) is 23.7. The van der Waals surface area contributed by atoms with E-state index >= 15 is 0 Å². The van der Waals surface area contributed by atoms with Crippen LogP contribution in [0.4, 0.5) is 0 Å². The molecule has 1 fully saturated rings. The molecule has 0 radical (unpaired) electrons. The fourth-order valence-electron chi connectivity index (χ4n) is 4.26. The first-order valence-corrected chi connectivity index (χ1v) is 11.6. The smallest absolute Gasteiger partial charge is 0.354 e. The third-order valence-corrected chi connectivity index (χ3v) is 7.03. The Hall–Kier alpha value is -2.91. The molecule has 1 amide bonds. The first-order valence-electron chi connectivity index (χ1n) is 10.7. The van der Waals surface area contributed by atoms with Gasteiger partial charge in [0.25, 0.3) is 5.91 Å². The number of esters is 1. The SMILES string of the molecule is CC[NH+](CC)CCN1C(=O)C(=O)C(=C([O-])c2c(C)[nH]c(C(=O)OC)c2C)C1c1cccs1. The third kappa shape index (κ3) is 4.10. The number of amides is 1. The first-order chi connectivity index (χ1) is 15.3. The maximum atomic E-state index is 13.7. The number of aromatic nitrogens is 1. The van der Waals surface area contributed by atoms with Crippen molar-refractivity contribution in [2.45, 2.75) is 33.7 Å². The zero-order valence-electron chi connectivity index (χ0n) is 19.0. The number of H-pyrrole nitrogens is 1. The zero-order valence-corrected chi connectivity index (χ0v) is 19.9. The molecule has 8 nitrogen and oxygen atoms in total. The van der Waals surface area contributed by atoms with Crippen molar-refractivity contribution in [3.8, 4) is 0 Å². The van der Waals surface area contributed by atoms with Crippen LogP contribution in [0.25, 0.3) is 5.76 Å². The normalized spacial score (nSPS) is 18.1. The number of nitrogens with one attached hydrogen (secondary N) is 2. The minimum atomic E-state index is -0.775. The minimum absolute atomic E-state index is 0.0615. The van der Waals surface area contributed by atoms with Crippen LogP contribution in [-0.2, 0) is 14.3 Å². The number of methoxy groups -OCH3 is 1. The van der Waals surface area contributed by atoms with Crippen molar-refractivity contribution in [2.24, 2.45) is 0 Å². The monoisotopic (exact) mass is 459 g/mol. The molecule has 2 aromatic rings. The lowest BCUT2D eigenvalue weighted by molar-refractivity contribution is -0.895. The van der Waals surface area contributed by atoms with E-state index in [0.717, 1.165) is 18.0 Å². The number of carbonyl (C=O) groups excluding carboxylic acids is 3. The van der Waals surface area contributed by atoms with Gasteiger partial charge in [0.05, 0.1) is 39.3 Å². The molecule has 2 aromatic heterocycles. The zero-order chi connectivity index (χ0) is 23.6. The van der Waals surface area contributed by atoms with Crippen molar-refractivity contribution in [2.75, 3.05) is 33.3 Å². The Labute approximate surface area is 191 Å². The molecule has 0 spiro atoms. The molecule has 1 aliphatic heterocycles. The number of likely N-dealkylation sites (N-methyl/N-ethyl adjacent to an activating group) is 1. The lowest BCUT2D eigenvalue weighted by atomic mass is 9.97. The molecule has 3 heterocycles. The molecule has 0 saturated carbocycles. The summed E-state index contributed by atoms with van der Waals surface area (Å²) >= 11 is 1.40. The van der Waals surface area contributed by atoms with Gasteiger partial charge in [-0.1, -0.05) is 11.8 Å². The van der Waals surface area contributed by atoms with Crippen LogP contribution in [0.15, 0.2) is 23.1 Å². The topological polar surface area (TPSA) is 107 Å². The average molecular weight is 460 g/mol. The van der Waals surface area contributed by atoms with Gasteiger partial charge in [0.2, 0.25) is 5.78 Å². The molecule has 1 aliphatic rings. The summed E-state index contributed by atoms with van der Waals surface area (Å²) in [7, 11) is 1.26. The van der Waals surface area contributed by atoms with E-state index in [0.29, 0.717) is 24.3 Å². The van der Waals surface area contributed by atoms with Crippen LogP contribution in [0.5, 0.6) is 0 Å². The largest absolute Gasteiger partial charge is 0.872 e. The van der Waals surface area contributed by atoms with Crippen molar-refractivity contribution in [1.29, 1.82) is 0 Å². The highest BCUT2D eigenvalue weighted by Gasteiger charge is 2.45. The lowest BCUT2D eigenvalue weighted by Crippen LogP contribution is -3.12. The lowest BCUT2D eigenvalue weighted by Gasteiger charge is -2.27. The number of hydrogen-bond donors (Lipinski definition) is 2. The number of quaternary nitrogens is 1. The van der Waals surface area contributed by atoms with Gasteiger partial charge in [-0.3, -0.25) is 9.59 Å². The van der Waals surface area contributed by atoms with Crippen LogP contribution in [0.3, 0.4) is 0 Å². The van der Waals surface area contributed by atoms with E-state index in [1.807, 2.05) is 17.5 Å². The second-order valence-electron chi connectivity index (χ2n) is 7.81. The highest BCUT2D eigenvalue weighted by molar-refractivity contribution is 7.10. The van der Waals surface area contributed by atoms with E-state index in [-0.39, 0.29) is 16.8 Å². The van der Waals surface area contributed by atoms with Gasteiger partial charge < -0.3 is 24.6 Å². The van der Waals surface area contributed by atoms with Gasteiger partial charge in [0.15, 0.2) is 0 Å². The van der Waals surface area contributed by atoms with Crippen molar-refractivity contribution in [3.63, 3.8) is 0 Å². The molecule has 1 unspecified atom stereocenters. The summed E-state index contributed by atoms with van der Waals surface area (Å²) in [6.45, 7) is 10.3. The van der Waals surface area contributed by atoms with E-state index in [4.69, 9.17) is 4.74 Å². The molecular formula is C23H29N3O5S. The molecule has 0 bridgehead atoms. The Kier molecular flexibility index (Phi) is 7.20. The minimum Gasteiger partial charge on any atom is -0.872 e. The molecule has 1 atom stereocenters. The van der Waals surface area contributed by atoms with E-state index in [2.05, 4.69) is 18.8 Å². The standard InChI is InChI=1S/C23H29N3O5S/c1-6-25(7-2)10-11-26-19(15-9-8-12-32-15)17(21(28)22(26)29)20(27)16-13(3)18(23(30)31-5)24-14(16)4/h8-9,12,19,24,27H,6-7,10-11H2,1-5H3. The molecule has 0 aliphatic carbocycles. The predicted molar refractivity (Wildman–Crippen MR) is 119 cm³/mol. The quantitative estimate of drug-likeness (QED) is 0.261. The number of ether oxygens (including phenoxy) is 1. The molecule has 0 aromatic carbocycles. The number of carbonyl (C=O) groups is 3. The number of aromatic amines is 1. The summed E-state index contributed by atoms with van der Waals surface area (Å²) in [5.41, 5.74) is 1.20. The molecule has 172 valence electrons. The van der Waals surface area contributed by atoms with Crippen LogP contribution in [0, 0.1) is 13.8 Å². The summed E-state index contributed by atoms with van der Waals surface area (Å²) in [6.07, 6.45) is 0. The number of aryl methyl sites for hydroxylation is 1. The number of rotatable bonds is 8. The second kappa shape index (κ2) is 9.70. The maximum absolute atomic E-state index is 13.7. The molecule has 1 saturated heterocycles. The van der Waals surface area contributed by atoms with E-state index < -0.39 is 29.5 Å². The Morgan fingerprint density at radius 2 is 1.97 bits per heavy atom. The van der Waals surface area contributed by atoms with Crippen molar-refractivity contribution < 1.29 is 29.1 Å². The molecule has 32 heavy (non-hydrogen) atoms. The summed E-state index contributed by atoms with van der Waals surface area (Å²) < 4.78 is 4.78. The van der Waals surface area contributed by atoms with Crippen molar-refractivity contribution in [3.05, 3.63) is 50.5 Å². The van der Waals surface area contributed by atoms with Crippen LogP contribution < -0.4 is 10.0 Å². The van der Waals surface area contributed by atoms with Gasteiger partial charge in [-0.15, -0.1) is 11.3 Å². The Balaban J connectivity index is 2.12. The number of thiophene rings is 1. The van der Waals surface area contributed by atoms with Crippen molar-refractivity contribution in [1.82, 2.24) is 9.88 Å². The molecular weight excluding hydrogens is 430 g/mol. The van der Waals surface area contributed by atoms with Gasteiger partial charge in [0, 0.05) is 16.1 Å². The summed E-state index contributed by atoms with van der Waals surface area (Å²) in [4.78, 5) is 44.6. The number of nitrogens with zero attached hydrogens (tertiary/aromatic N) is 1. The predicted octanol–water partition coefficient (Wildman–Crippen LogP) is 0.628. The van der Waals surface area contributed by atoms with Gasteiger partial charge in [-0.05, 0) is 50.3 Å². The number of Topliss-reactive ketones (excluding diaryl/α,β-unsaturated/α-hetero) is 1. The fraction of sp³-hybridized carbons (Fsp3) is 0.435. The number of ketones is 1. The van der Waals surface area contributed by atoms with Gasteiger partial charge in [-0.25, -0.2) is 4.79 Å². The molecule has 3 rings (SSSR count). The molecule has 2 N–H and O–H groups in total. The number of hydrogen-bond acceptors (Lipinski definition) is 6. The highest BCUT2D eigenvalue weighted by atomic mass is 32.1.